The molecule has 7 heterocycles. The zero-order valence-corrected chi connectivity index (χ0v) is 35.8. The molecular weight excluding hydrogens is 863 g/mol. The molecule has 338 valence electrons. The molecule has 5 aromatic rings. The molecule has 0 spiro atoms. The highest BCUT2D eigenvalue weighted by Crippen LogP contribution is 2.46. The number of rotatable bonds is 8. The molecule has 4 fully saturated rings. The Bertz CT molecular complexity index is 2780. The third-order valence-electron chi connectivity index (χ3n) is 13.7. The number of amides is 2. The molecule has 64 heavy (non-hydrogen) atoms. The fourth-order valence-corrected chi connectivity index (χ4v) is 10.1. The molecule has 4 aliphatic heterocycles. The number of piperidine rings is 3. The standard InChI is InChI=1S/C44H46ClF5N10O4/c1-57-33-16-30(47)32(14-27(33)37-38(42(57)63)64-20-44(49,50)39(54-37)22-3-4-22)52-40-28(45)17-51-43(55-40)60-12-9-23(31(48)19-60)18-59-10-7-21(8-11-59)25-15-34-26(13-29(25)46)36(56-58(34)2)24-5-6-35(61)53-41(24)62/h13-17,21-24,31,39,54H,3-12,18-20H2,1-2H3,(H,51,52,55)(H,53,61,62)/t23-,24?,31-,39?/m1/s1. The minimum Gasteiger partial charge on any atom is -0.480 e. The van der Waals surface area contributed by atoms with Crippen LogP contribution in [0.15, 0.2) is 35.3 Å². The van der Waals surface area contributed by atoms with Gasteiger partial charge < -0.3 is 29.7 Å². The summed E-state index contributed by atoms with van der Waals surface area (Å²) in [5, 5.41) is 13.6. The molecule has 5 aliphatic rings. The first-order valence-electron chi connectivity index (χ1n) is 21.7. The largest absolute Gasteiger partial charge is 0.480 e. The Morgan fingerprint density at radius 1 is 0.953 bits per heavy atom. The number of carbonyl (C=O) groups is 2. The van der Waals surface area contributed by atoms with Crippen molar-refractivity contribution in [2.75, 3.05) is 54.9 Å². The lowest BCUT2D eigenvalue weighted by Crippen LogP contribution is -2.47. The number of imide groups is 1. The molecule has 10 rings (SSSR count). The van der Waals surface area contributed by atoms with Crippen molar-refractivity contribution in [2.45, 2.75) is 74.9 Å². The molecular formula is C44H46ClF5N10O4. The molecule has 2 aromatic carbocycles. The first kappa shape index (κ1) is 42.4. The van der Waals surface area contributed by atoms with Crippen LogP contribution in [0.1, 0.15) is 68.0 Å². The Morgan fingerprint density at radius 3 is 2.47 bits per heavy atom. The van der Waals surface area contributed by atoms with Gasteiger partial charge in [0.15, 0.2) is 12.4 Å². The van der Waals surface area contributed by atoms with Crippen molar-refractivity contribution < 1.29 is 36.3 Å². The van der Waals surface area contributed by atoms with Gasteiger partial charge in [-0.2, -0.15) is 10.1 Å². The molecule has 3 N–H and O–H groups in total. The number of hydrogen-bond acceptors (Lipinski definition) is 11. The maximum atomic E-state index is 16.0. The fourth-order valence-electron chi connectivity index (χ4n) is 9.99. The van der Waals surface area contributed by atoms with E-state index in [0.717, 1.165) is 10.6 Å². The van der Waals surface area contributed by atoms with Crippen molar-refractivity contribution in [1.82, 2.24) is 34.5 Å². The van der Waals surface area contributed by atoms with Crippen molar-refractivity contribution in [1.29, 1.82) is 0 Å². The summed E-state index contributed by atoms with van der Waals surface area (Å²) in [4.78, 5) is 50.4. The van der Waals surface area contributed by atoms with Gasteiger partial charge in [0.25, 0.3) is 5.56 Å². The normalized spacial score (nSPS) is 24.3. The van der Waals surface area contributed by atoms with Gasteiger partial charge in [-0.25, -0.2) is 26.9 Å². The average Bonchev–Trinajstić information content (AvgIpc) is 4.07. The summed E-state index contributed by atoms with van der Waals surface area (Å²) in [7, 11) is 3.17. The molecule has 1 saturated carbocycles. The molecule has 2 unspecified atom stereocenters. The maximum Gasteiger partial charge on any atom is 0.301 e. The lowest BCUT2D eigenvalue weighted by atomic mass is 9.86. The van der Waals surface area contributed by atoms with E-state index in [-0.39, 0.29) is 87.3 Å². The number of hydrogen-bond donors (Lipinski definition) is 3. The Hall–Kier alpha value is -5.56. The zero-order chi connectivity index (χ0) is 44.8. The number of pyridine rings is 1. The molecule has 3 saturated heterocycles. The SMILES string of the molecule is Cn1nc(C2CCC(=O)NC2=O)c2cc(F)c(C3CCN(C[C@H]4CCN(c5ncc(Cl)c(Nc6cc7c8c(c(=O)n(C)c7cc6F)OCC(F)(F)C(C6CC6)N8)n5)C[C@H]4F)CC3)cc21. The van der Waals surface area contributed by atoms with Crippen molar-refractivity contribution in [3.63, 3.8) is 0 Å². The smallest absolute Gasteiger partial charge is 0.301 e. The van der Waals surface area contributed by atoms with Crippen molar-refractivity contribution in [3.8, 4) is 5.75 Å². The number of nitrogens with one attached hydrogen (secondary N) is 3. The summed E-state index contributed by atoms with van der Waals surface area (Å²) >= 11 is 6.50. The molecule has 20 heteroatoms. The number of fused-ring (bicyclic) bond motifs is 4. The molecule has 14 nitrogen and oxygen atoms in total. The minimum absolute atomic E-state index is 0.0158. The topological polar surface area (TPSA) is 152 Å². The van der Waals surface area contributed by atoms with Crippen LogP contribution in [0.5, 0.6) is 5.75 Å². The number of halogens is 6. The van der Waals surface area contributed by atoms with Crippen LogP contribution in [0.25, 0.3) is 21.8 Å². The van der Waals surface area contributed by atoms with E-state index in [4.69, 9.17) is 16.3 Å². The number of aryl methyl sites for hydroxylation is 2. The van der Waals surface area contributed by atoms with Crippen LogP contribution in [0.3, 0.4) is 0 Å². The molecule has 2 amide bonds. The van der Waals surface area contributed by atoms with Gasteiger partial charge in [-0.1, -0.05) is 11.6 Å². The van der Waals surface area contributed by atoms with Crippen LogP contribution in [0.2, 0.25) is 5.02 Å². The van der Waals surface area contributed by atoms with E-state index in [0.29, 0.717) is 86.9 Å². The van der Waals surface area contributed by atoms with E-state index in [2.05, 4.69) is 35.9 Å². The second kappa shape index (κ2) is 16.2. The highest BCUT2D eigenvalue weighted by Gasteiger charge is 2.51. The Kier molecular flexibility index (Phi) is 10.7. The van der Waals surface area contributed by atoms with Gasteiger partial charge >= 0.3 is 5.92 Å². The predicted molar refractivity (Wildman–Crippen MR) is 229 cm³/mol. The van der Waals surface area contributed by atoms with E-state index in [1.54, 1.807) is 16.6 Å². The van der Waals surface area contributed by atoms with Crippen molar-refractivity contribution >= 4 is 68.4 Å². The first-order chi connectivity index (χ1) is 30.6. The summed E-state index contributed by atoms with van der Waals surface area (Å²) in [6.07, 6.45) is 3.74. The Labute approximate surface area is 368 Å². The van der Waals surface area contributed by atoms with Gasteiger partial charge in [0.1, 0.15) is 22.8 Å². The fraction of sp³-hybridized carbons (Fsp3) is 0.500. The lowest BCUT2D eigenvalue weighted by molar-refractivity contribution is -0.134. The molecule has 3 aromatic heterocycles. The lowest BCUT2D eigenvalue weighted by Gasteiger charge is -2.39. The maximum absolute atomic E-state index is 16.0. The molecule has 0 radical (unpaired) electrons. The van der Waals surface area contributed by atoms with Crippen LogP contribution in [0.4, 0.5) is 45.1 Å². The van der Waals surface area contributed by atoms with Gasteiger partial charge in [-0.05, 0) is 87.2 Å². The summed E-state index contributed by atoms with van der Waals surface area (Å²) < 4.78 is 86.1. The molecule has 0 bridgehead atoms. The third kappa shape index (κ3) is 7.66. The highest BCUT2D eigenvalue weighted by molar-refractivity contribution is 6.33. The van der Waals surface area contributed by atoms with E-state index < -0.39 is 47.9 Å². The number of anilines is 4. The summed E-state index contributed by atoms with van der Waals surface area (Å²) in [5.74, 6) is -6.40. The number of likely N-dealkylation sites (tertiary alicyclic amines) is 1. The van der Waals surface area contributed by atoms with Crippen LogP contribution in [0, 0.1) is 23.5 Å². The predicted octanol–water partition coefficient (Wildman–Crippen LogP) is 6.67. The van der Waals surface area contributed by atoms with E-state index in [9.17, 15) is 14.4 Å². The highest BCUT2D eigenvalue weighted by atomic mass is 35.5. The molecule has 1 aliphatic carbocycles. The summed E-state index contributed by atoms with van der Waals surface area (Å²) in [6.45, 7) is 1.36. The van der Waals surface area contributed by atoms with Crippen LogP contribution >= 0.6 is 11.6 Å². The van der Waals surface area contributed by atoms with E-state index >= 15 is 22.0 Å². The monoisotopic (exact) mass is 908 g/mol. The Balaban J connectivity index is 0.794. The van der Waals surface area contributed by atoms with Crippen molar-refractivity contribution in [2.24, 2.45) is 25.9 Å². The van der Waals surface area contributed by atoms with E-state index in [1.165, 1.54) is 25.4 Å². The number of carbonyl (C=O) groups excluding carboxylic acids is 2. The summed E-state index contributed by atoms with van der Waals surface area (Å²) in [6, 6.07) is 4.54. The second-order valence-corrected chi connectivity index (χ2v) is 18.3. The number of alkyl halides is 3. The van der Waals surface area contributed by atoms with Gasteiger partial charge in [0.05, 0.1) is 52.8 Å². The first-order valence-corrected chi connectivity index (χ1v) is 22.1. The van der Waals surface area contributed by atoms with E-state index in [1.807, 2.05) is 6.07 Å². The van der Waals surface area contributed by atoms with Gasteiger partial charge in [0, 0.05) is 56.4 Å². The number of aromatic nitrogens is 5. The quantitative estimate of drug-likeness (QED) is 0.113. The minimum atomic E-state index is -3.25. The average molecular weight is 909 g/mol. The van der Waals surface area contributed by atoms with Crippen LogP contribution in [-0.4, -0.2) is 98.5 Å². The van der Waals surface area contributed by atoms with Gasteiger partial charge in [-0.3, -0.25) is 24.4 Å². The van der Waals surface area contributed by atoms with Crippen LogP contribution < -0.4 is 31.1 Å². The van der Waals surface area contributed by atoms with Crippen LogP contribution in [-0.2, 0) is 23.7 Å². The second-order valence-electron chi connectivity index (χ2n) is 17.9. The number of nitrogens with zero attached hydrogens (tertiary/aromatic N) is 7. The summed E-state index contributed by atoms with van der Waals surface area (Å²) in [5.41, 5.74) is 1.22. The molecule has 4 atom stereocenters. The number of benzene rings is 2. The Morgan fingerprint density at radius 2 is 1.73 bits per heavy atom. The van der Waals surface area contributed by atoms with Gasteiger partial charge in [-0.15, -0.1) is 0 Å². The van der Waals surface area contributed by atoms with Crippen molar-refractivity contribution in [3.05, 3.63) is 68.7 Å². The third-order valence-corrected chi connectivity index (χ3v) is 14.0. The zero-order valence-electron chi connectivity index (χ0n) is 35.1. The number of ether oxygens (including phenoxy) is 1. The van der Waals surface area contributed by atoms with Gasteiger partial charge in [0.2, 0.25) is 23.5 Å².